The highest BCUT2D eigenvalue weighted by Crippen LogP contribution is 2.26. The van der Waals surface area contributed by atoms with E-state index in [4.69, 9.17) is 5.11 Å². The third-order valence-corrected chi connectivity index (χ3v) is 1.94. The molecule has 0 bridgehead atoms. The molecule has 1 heterocycles. The normalized spacial score (nSPS) is 10.6. The third-order valence-electron chi connectivity index (χ3n) is 1.36. The van der Waals surface area contributed by atoms with Gasteiger partial charge in [0.2, 0.25) is 0 Å². The molecule has 1 aromatic rings. The minimum Gasteiger partial charge on any atom is -0.477 e. The van der Waals surface area contributed by atoms with Crippen LogP contribution in [0.2, 0.25) is 0 Å². The molecule has 0 atom stereocenters. The number of halogens is 4. The molecule has 0 saturated heterocycles. The molecule has 3 nitrogen and oxygen atoms in total. The van der Waals surface area contributed by atoms with Crippen LogP contribution in [0.3, 0.4) is 0 Å². The fourth-order valence-corrected chi connectivity index (χ4v) is 1.19. The van der Waals surface area contributed by atoms with Crippen LogP contribution < -0.4 is 0 Å². The van der Waals surface area contributed by atoms with E-state index in [1.54, 1.807) is 0 Å². The van der Waals surface area contributed by atoms with Gasteiger partial charge in [0.1, 0.15) is 11.4 Å². The number of pyridine rings is 1. The first-order valence-electron chi connectivity index (χ1n) is 3.31. The van der Waals surface area contributed by atoms with E-state index in [9.17, 15) is 18.0 Å². The molecule has 1 aromatic heterocycles. The molecule has 1 N–H and O–H groups in total. The zero-order valence-electron chi connectivity index (χ0n) is 6.47. The van der Waals surface area contributed by atoms with Crippen molar-refractivity contribution >= 4 is 21.9 Å². The number of carbonyl (C=O) groups is 1. The van der Waals surface area contributed by atoms with E-state index in [-0.39, 0.29) is 4.47 Å². The predicted molar refractivity (Wildman–Crippen MR) is 43.8 cm³/mol. The second-order valence-corrected chi connectivity index (χ2v) is 3.15. The number of aromatic nitrogens is 1. The van der Waals surface area contributed by atoms with Gasteiger partial charge < -0.3 is 5.11 Å². The molecule has 0 aliphatic carbocycles. The molecular weight excluding hydrogens is 267 g/mol. The van der Waals surface area contributed by atoms with E-state index in [1.165, 1.54) is 0 Å². The maximum atomic E-state index is 12.9. The molecule has 0 saturated carbocycles. The predicted octanol–water partition coefficient (Wildman–Crippen LogP) is 2.62. The average Bonchev–Trinajstić information content (AvgIpc) is 2.08. The van der Waals surface area contributed by atoms with Crippen LogP contribution in [-0.4, -0.2) is 16.1 Å². The van der Waals surface area contributed by atoms with Gasteiger partial charge in [0.25, 0.3) is 6.43 Å². The Labute approximate surface area is 84.7 Å². The number of rotatable bonds is 2. The quantitative estimate of drug-likeness (QED) is 0.898. The molecule has 1 rings (SSSR count). The zero-order valence-corrected chi connectivity index (χ0v) is 8.06. The lowest BCUT2D eigenvalue weighted by Crippen LogP contribution is -2.06. The molecule has 14 heavy (non-hydrogen) atoms. The Balaban J connectivity index is 3.35. The van der Waals surface area contributed by atoms with E-state index < -0.39 is 29.6 Å². The van der Waals surface area contributed by atoms with Crippen LogP contribution in [0.4, 0.5) is 13.2 Å². The van der Waals surface area contributed by atoms with Crippen LogP contribution in [0.1, 0.15) is 22.6 Å². The Morgan fingerprint density at radius 3 is 2.57 bits per heavy atom. The number of alkyl halides is 2. The van der Waals surface area contributed by atoms with Gasteiger partial charge in [-0.2, -0.15) is 0 Å². The summed E-state index contributed by atoms with van der Waals surface area (Å²) in [5, 5.41) is 8.46. The standard InChI is InChI=1S/C7H3BrF3NO2/c8-2-1-3(7(13)14)12-5(4(2)9)6(10)11/h1,6H,(H,13,14). The van der Waals surface area contributed by atoms with Crippen molar-refractivity contribution in [1.82, 2.24) is 4.98 Å². The number of aromatic carboxylic acids is 1. The van der Waals surface area contributed by atoms with Gasteiger partial charge in [0, 0.05) is 0 Å². The molecule has 0 unspecified atom stereocenters. The van der Waals surface area contributed by atoms with Crippen molar-refractivity contribution in [2.75, 3.05) is 0 Å². The third kappa shape index (κ3) is 2.03. The molecule has 0 aliphatic rings. The summed E-state index contributed by atoms with van der Waals surface area (Å²) in [7, 11) is 0. The maximum absolute atomic E-state index is 12.9. The van der Waals surface area contributed by atoms with Crippen LogP contribution in [-0.2, 0) is 0 Å². The lowest BCUT2D eigenvalue weighted by Gasteiger charge is -2.04. The van der Waals surface area contributed by atoms with Gasteiger partial charge in [0.05, 0.1) is 4.47 Å². The van der Waals surface area contributed by atoms with Crippen LogP contribution in [0, 0.1) is 5.82 Å². The number of hydrogen-bond donors (Lipinski definition) is 1. The Morgan fingerprint density at radius 2 is 2.14 bits per heavy atom. The summed E-state index contributed by atoms with van der Waals surface area (Å²) >= 11 is 2.62. The smallest absolute Gasteiger partial charge is 0.354 e. The van der Waals surface area contributed by atoms with E-state index in [0.717, 1.165) is 6.07 Å². The van der Waals surface area contributed by atoms with E-state index in [0.29, 0.717) is 0 Å². The molecular formula is C7H3BrF3NO2. The van der Waals surface area contributed by atoms with Crippen molar-refractivity contribution < 1.29 is 23.1 Å². The summed E-state index contributed by atoms with van der Waals surface area (Å²) in [5.41, 5.74) is -1.80. The first kappa shape index (κ1) is 11.0. The van der Waals surface area contributed by atoms with Gasteiger partial charge in [-0.25, -0.2) is 22.9 Å². The average molecular weight is 270 g/mol. The first-order chi connectivity index (χ1) is 6.43. The van der Waals surface area contributed by atoms with Crippen LogP contribution in [0.5, 0.6) is 0 Å². The summed E-state index contributed by atoms with van der Waals surface area (Å²) in [5.74, 6) is -2.74. The van der Waals surface area contributed by atoms with Gasteiger partial charge in [-0.1, -0.05) is 0 Å². The lowest BCUT2D eigenvalue weighted by molar-refractivity contribution is 0.0688. The Bertz CT molecular complexity index is 383. The first-order valence-corrected chi connectivity index (χ1v) is 4.10. The minimum atomic E-state index is -3.15. The molecule has 0 radical (unpaired) electrons. The molecule has 0 amide bonds. The molecule has 0 fully saturated rings. The topological polar surface area (TPSA) is 50.2 Å². The van der Waals surface area contributed by atoms with E-state index in [1.807, 2.05) is 0 Å². The molecule has 0 aliphatic heterocycles. The van der Waals surface area contributed by atoms with Crippen molar-refractivity contribution in [1.29, 1.82) is 0 Å². The monoisotopic (exact) mass is 269 g/mol. The fourth-order valence-electron chi connectivity index (χ4n) is 0.771. The van der Waals surface area contributed by atoms with Gasteiger partial charge in [-0.15, -0.1) is 0 Å². The Hall–Kier alpha value is -1.11. The summed E-state index contributed by atoms with van der Waals surface area (Å²) in [4.78, 5) is 13.4. The Morgan fingerprint density at radius 1 is 1.57 bits per heavy atom. The zero-order chi connectivity index (χ0) is 10.9. The fraction of sp³-hybridized carbons (Fsp3) is 0.143. The van der Waals surface area contributed by atoms with Crippen molar-refractivity contribution in [3.05, 3.63) is 27.7 Å². The number of carboxylic acids is 1. The van der Waals surface area contributed by atoms with Crippen LogP contribution >= 0.6 is 15.9 Å². The van der Waals surface area contributed by atoms with Crippen LogP contribution in [0.15, 0.2) is 10.5 Å². The highest BCUT2D eigenvalue weighted by molar-refractivity contribution is 9.10. The lowest BCUT2D eigenvalue weighted by atomic mass is 10.3. The number of nitrogens with zero attached hydrogens (tertiary/aromatic N) is 1. The number of carboxylic acid groups (broad SMARTS) is 1. The van der Waals surface area contributed by atoms with Crippen molar-refractivity contribution in [2.45, 2.75) is 6.43 Å². The van der Waals surface area contributed by atoms with E-state index in [2.05, 4.69) is 20.9 Å². The van der Waals surface area contributed by atoms with Crippen molar-refractivity contribution in [3.8, 4) is 0 Å². The SMILES string of the molecule is O=C(O)c1cc(Br)c(F)c(C(F)F)n1. The molecule has 0 aromatic carbocycles. The summed E-state index contributed by atoms with van der Waals surface area (Å²) < 4.78 is 36.8. The molecule has 0 spiro atoms. The highest BCUT2D eigenvalue weighted by Gasteiger charge is 2.21. The second kappa shape index (κ2) is 3.95. The van der Waals surface area contributed by atoms with Crippen molar-refractivity contribution in [3.63, 3.8) is 0 Å². The maximum Gasteiger partial charge on any atom is 0.354 e. The van der Waals surface area contributed by atoms with Gasteiger partial charge in [-0.05, 0) is 22.0 Å². The van der Waals surface area contributed by atoms with Crippen molar-refractivity contribution in [2.24, 2.45) is 0 Å². The van der Waals surface area contributed by atoms with Gasteiger partial charge >= 0.3 is 5.97 Å². The van der Waals surface area contributed by atoms with Gasteiger partial charge in [0.15, 0.2) is 5.82 Å². The van der Waals surface area contributed by atoms with E-state index >= 15 is 0 Å². The highest BCUT2D eigenvalue weighted by atomic mass is 79.9. The van der Waals surface area contributed by atoms with Crippen LogP contribution in [0.25, 0.3) is 0 Å². The summed E-state index contributed by atoms with van der Waals surface area (Å²) in [6, 6.07) is 0.823. The second-order valence-electron chi connectivity index (χ2n) is 2.29. The minimum absolute atomic E-state index is 0.347. The Kier molecular flexibility index (Phi) is 3.10. The summed E-state index contributed by atoms with van der Waals surface area (Å²) in [6.45, 7) is 0. The largest absolute Gasteiger partial charge is 0.477 e. The number of hydrogen-bond acceptors (Lipinski definition) is 2. The summed E-state index contributed by atoms with van der Waals surface area (Å²) in [6.07, 6.45) is -3.15. The molecule has 76 valence electrons. The van der Waals surface area contributed by atoms with Gasteiger partial charge in [-0.3, -0.25) is 0 Å². The molecule has 7 heteroatoms.